The van der Waals surface area contributed by atoms with Crippen LogP contribution in [0.3, 0.4) is 0 Å². The molecule has 0 fully saturated rings. The lowest BCUT2D eigenvalue weighted by Gasteiger charge is -2.10. The molecule has 4 heteroatoms. The third kappa shape index (κ3) is 2.06. The van der Waals surface area contributed by atoms with Crippen LogP contribution in [-0.2, 0) is 13.2 Å². The van der Waals surface area contributed by atoms with Gasteiger partial charge in [0.25, 0.3) is 0 Å². The van der Waals surface area contributed by atoms with Gasteiger partial charge in [0.2, 0.25) is 0 Å². The molecule has 0 radical (unpaired) electrons. The van der Waals surface area contributed by atoms with Gasteiger partial charge in [-0.05, 0) is 24.1 Å². The molecule has 0 atom stereocenters. The second-order valence-corrected chi connectivity index (χ2v) is 4.76. The lowest BCUT2D eigenvalue weighted by Crippen LogP contribution is -2.08. The van der Waals surface area contributed by atoms with Crippen molar-refractivity contribution in [1.29, 1.82) is 0 Å². The van der Waals surface area contributed by atoms with Crippen molar-refractivity contribution in [3.8, 4) is 0 Å². The number of fused-ring (bicyclic) bond motifs is 1. The Kier molecular flexibility index (Phi) is 3.17. The summed E-state index contributed by atoms with van der Waals surface area (Å²) in [7, 11) is 0. The van der Waals surface area contributed by atoms with E-state index in [2.05, 4.69) is 23.4 Å². The molecule has 0 aliphatic rings. The number of hydrogen-bond acceptors (Lipinski definition) is 2. The Hall–Kier alpha value is -1.06. The summed E-state index contributed by atoms with van der Waals surface area (Å²) in [5, 5.41) is 9.96. The first kappa shape index (κ1) is 11.4. The number of nitrogens with zero attached hydrogens (tertiary/aromatic N) is 2. The van der Waals surface area contributed by atoms with Crippen LogP contribution in [0.15, 0.2) is 18.2 Å². The molecule has 3 nitrogen and oxygen atoms in total. The van der Waals surface area contributed by atoms with Crippen LogP contribution in [0.25, 0.3) is 11.0 Å². The molecule has 0 aliphatic carbocycles. The van der Waals surface area contributed by atoms with Gasteiger partial charge in [0.1, 0.15) is 12.4 Å². The zero-order valence-electron chi connectivity index (χ0n) is 9.44. The maximum Gasteiger partial charge on any atom is 0.135 e. The van der Waals surface area contributed by atoms with Crippen molar-refractivity contribution in [2.75, 3.05) is 0 Å². The highest BCUT2D eigenvalue weighted by Gasteiger charge is 2.11. The monoisotopic (exact) mass is 238 g/mol. The number of aromatic nitrogens is 2. The van der Waals surface area contributed by atoms with E-state index >= 15 is 0 Å². The molecule has 2 rings (SSSR count). The molecular formula is C12H15ClN2O. The Balaban J connectivity index is 2.59. The lowest BCUT2D eigenvalue weighted by atomic mass is 10.2. The summed E-state index contributed by atoms with van der Waals surface area (Å²) in [6.07, 6.45) is 0. The Morgan fingerprint density at radius 1 is 1.44 bits per heavy atom. The molecule has 86 valence electrons. The van der Waals surface area contributed by atoms with Crippen LogP contribution >= 0.6 is 11.6 Å². The first-order chi connectivity index (χ1) is 7.61. The van der Waals surface area contributed by atoms with Gasteiger partial charge in [0.05, 0.1) is 11.0 Å². The fraction of sp³-hybridized carbons (Fsp3) is 0.417. The third-order valence-corrected chi connectivity index (χ3v) is 2.71. The molecule has 0 amide bonds. The van der Waals surface area contributed by atoms with Gasteiger partial charge in [-0.15, -0.1) is 0 Å². The molecule has 0 spiro atoms. The van der Waals surface area contributed by atoms with Gasteiger partial charge >= 0.3 is 0 Å². The van der Waals surface area contributed by atoms with Crippen LogP contribution in [0.1, 0.15) is 19.7 Å². The van der Waals surface area contributed by atoms with Crippen LogP contribution in [0.2, 0.25) is 5.02 Å². The zero-order valence-corrected chi connectivity index (χ0v) is 10.2. The van der Waals surface area contributed by atoms with Crippen LogP contribution in [-0.4, -0.2) is 14.7 Å². The number of hydrogen-bond donors (Lipinski definition) is 1. The summed E-state index contributed by atoms with van der Waals surface area (Å²) >= 11 is 5.92. The number of aliphatic hydroxyl groups is 1. The van der Waals surface area contributed by atoms with Gasteiger partial charge in [-0.3, -0.25) is 0 Å². The lowest BCUT2D eigenvalue weighted by molar-refractivity contribution is 0.263. The van der Waals surface area contributed by atoms with Crippen molar-refractivity contribution in [1.82, 2.24) is 9.55 Å². The number of rotatable bonds is 3. The molecule has 0 aliphatic heterocycles. The first-order valence-corrected chi connectivity index (χ1v) is 5.75. The average molecular weight is 239 g/mol. The van der Waals surface area contributed by atoms with Crippen LogP contribution < -0.4 is 0 Å². The largest absolute Gasteiger partial charge is 0.388 e. The Bertz CT molecular complexity index is 505. The second-order valence-electron chi connectivity index (χ2n) is 4.32. The highest BCUT2D eigenvalue weighted by Crippen LogP contribution is 2.21. The molecule has 1 aromatic heterocycles. The van der Waals surface area contributed by atoms with E-state index in [0.29, 0.717) is 16.8 Å². The first-order valence-electron chi connectivity index (χ1n) is 5.37. The topological polar surface area (TPSA) is 38.0 Å². The normalized spacial score (nSPS) is 11.6. The Morgan fingerprint density at radius 3 is 2.81 bits per heavy atom. The minimum absolute atomic E-state index is 0.0426. The second kappa shape index (κ2) is 4.44. The van der Waals surface area contributed by atoms with Gasteiger partial charge in [0.15, 0.2) is 0 Å². The molecule has 1 heterocycles. The summed E-state index contributed by atoms with van der Waals surface area (Å²) in [6.45, 7) is 5.10. The fourth-order valence-electron chi connectivity index (χ4n) is 1.84. The smallest absolute Gasteiger partial charge is 0.135 e. The highest BCUT2D eigenvalue weighted by molar-refractivity contribution is 6.31. The number of aliphatic hydroxyl groups excluding tert-OH is 1. The molecule has 16 heavy (non-hydrogen) atoms. The van der Waals surface area contributed by atoms with Gasteiger partial charge in [0, 0.05) is 11.6 Å². The van der Waals surface area contributed by atoms with Gasteiger partial charge in [-0.25, -0.2) is 4.98 Å². The van der Waals surface area contributed by atoms with Crippen molar-refractivity contribution >= 4 is 22.6 Å². The fourth-order valence-corrected chi connectivity index (χ4v) is 2.01. The minimum atomic E-state index is -0.0426. The predicted octanol–water partition coefficient (Wildman–Crippen LogP) is 2.84. The van der Waals surface area contributed by atoms with Crippen molar-refractivity contribution in [3.05, 3.63) is 29.0 Å². The summed E-state index contributed by atoms with van der Waals surface area (Å²) in [5.41, 5.74) is 1.87. The Morgan fingerprint density at radius 2 is 2.19 bits per heavy atom. The number of halogens is 1. The summed E-state index contributed by atoms with van der Waals surface area (Å²) < 4.78 is 2.05. The van der Waals surface area contributed by atoms with Gasteiger partial charge < -0.3 is 9.67 Å². The van der Waals surface area contributed by atoms with E-state index in [-0.39, 0.29) is 6.61 Å². The molecule has 1 N–H and O–H groups in total. The van der Waals surface area contributed by atoms with Gasteiger partial charge in [-0.2, -0.15) is 0 Å². The molecule has 0 saturated carbocycles. The van der Waals surface area contributed by atoms with Crippen molar-refractivity contribution in [3.63, 3.8) is 0 Å². The summed E-state index contributed by atoms with van der Waals surface area (Å²) in [4.78, 5) is 4.37. The van der Waals surface area contributed by atoms with Crippen LogP contribution in [0.4, 0.5) is 0 Å². The minimum Gasteiger partial charge on any atom is -0.388 e. The zero-order chi connectivity index (χ0) is 11.7. The van der Waals surface area contributed by atoms with E-state index in [0.717, 1.165) is 17.6 Å². The summed E-state index contributed by atoms with van der Waals surface area (Å²) in [5.74, 6) is 1.21. The molecule has 0 unspecified atom stereocenters. The standard InChI is InChI=1S/C12H15ClN2O/c1-8(2)6-15-11-4-3-9(13)5-10(11)14-12(15)7-16/h3-5,8,16H,6-7H2,1-2H3. The maximum absolute atomic E-state index is 9.29. The van der Waals surface area contributed by atoms with Crippen molar-refractivity contribution in [2.45, 2.75) is 27.0 Å². The number of imidazole rings is 1. The van der Waals surface area contributed by atoms with E-state index in [1.165, 1.54) is 0 Å². The predicted molar refractivity (Wildman–Crippen MR) is 65.5 cm³/mol. The SMILES string of the molecule is CC(C)Cn1c(CO)nc2cc(Cl)ccc21. The molecule has 1 aromatic carbocycles. The average Bonchev–Trinajstić information content (AvgIpc) is 2.55. The third-order valence-electron chi connectivity index (χ3n) is 2.48. The van der Waals surface area contributed by atoms with E-state index in [9.17, 15) is 5.11 Å². The van der Waals surface area contributed by atoms with E-state index < -0.39 is 0 Å². The summed E-state index contributed by atoms with van der Waals surface area (Å²) in [6, 6.07) is 5.63. The molecular weight excluding hydrogens is 224 g/mol. The maximum atomic E-state index is 9.29. The van der Waals surface area contributed by atoms with Crippen molar-refractivity contribution in [2.24, 2.45) is 5.92 Å². The van der Waals surface area contributed by atoms with Crippen molar-refractivity contribution < 1.29 is 5.11 Å². The van der Waals surface area contributed by atoms with Crippen LogP contribution in [0, 0.1) is 5.92 Å². The molecule has 0 saturated heterocycles. The molecule has 2 aromatic rings. The van der Waals surface area contributed by atoms with Gasteiger partial charge in [-0.1, -0.05) is 25.4 Å². The number of benzene rings is 1. The Labute approximate surface area is 99.7 Å². The molecule has 0 bridgehead atoms. The highest BCUT2D eigenvalue weighted by atomic mass is 35.5. The van der Waals surface area contributed by atoms with E-state index in [1.54, 1.807) is 0 Å². The van der Waals surface area contributed by atoms with Crippen LogP contribution in [0.5, 0.6) is 0 Å². The quantitative estimate of drug-likeness (QED) is 0.893. The van der Waals surface area contributed by atoms with E-state index in [1.807, 2.05) is 18.2 Å². The van der Waals surface area contributed by atoms with E-state index in [4.69, 9.17) is 11.6 Å².